The molecule has 0 saturated heterocycles. The molecule has 194 valence electrons. The van der Waals surface area contributed by atoms with E-state index in [1.807, 2.05) is 32.3 Å². The molecule has 0 aliphatic heterocycles. The molecule has 0 saturated carbocycles. The van der Waals surface area contributed by atoms with Crippen molar-refractivity contribution in [3.63, 3.8) is 0 Å². The van der Waals surface area contributed by atoms with Crippen molar-refractivity contribution in [2.75, 3.05) is 0 Å². The first-order chi connectivity index (χ1) is 17.8. The van der Waals surface area contributed by atoms with Gasteiger partial charge in [0, 0.05) is 24.4 Å². The Morgan fingerprint density at radius 1 is 0.737 bits per heavy atom. The van der Waals surface area contributed by atoms with E-state index in [0.29, 0.717) is 0 Å². The minimum absolute atomic E-state index is 0.247. The van der Waals surface area contributed by atoms with Crippen molar-refractivity contribution in [2.24, 2.45) is 7.05 Å². The van der Waals surface area contributed by atoms with Gasteiger partial charge in [0.2, 0.25) is 0 Å². The molecule has 0 fully saturated rings. The van der Waals surface area contributed by atoms with E-state index in [0.717, 1.165) is 50.4 Å². The van der Waals surface area contributed by atoms with Crippen molar-refractivity contribution in [3.05, 3.63) is 78.5 Å². The molecular weight excluding hydrogens is 499 g/mol. The van der Waals surface area contributed by atoms with Gasteiger partial charge < -0.3 is 9.67 Å². The number of hydrogen-bond acceptors (Lipinski definition) is 3. The summed E-state index contributed by atoms with van der Waals surface area (Å²) in [5.74, 6) is 1.02. The minimum atomic E-state index is -1.63. The first-order valence-corrected chi connectivity index (χ1v) is 20.2. The summed E-state index contributed by atoms with van der Waals surface area (Å²) in [5, 5.41) is 13.5. The van der Waals surface area contributed by atoms with E-state index in [1.54, 1.807) is 6.07 Å². The molecule has 0 unspecified atom stereocenters. The molecule has 0 spiro atoms. The molecule has 4 nitrogen and oxygen atoms in total. The van der Waals surface area contributed by atoms with Gasteiger partial charge in [-0.2, -0.15) is 0 Å². The maximum Gasteiger partial charge on any atom is 0.144 e. The SMILES string of the molecule is Cc1ccc(O)c(-c2nc3c(-c4cccc(-c5cc([Si](C)(C)C)ccn5)c4)cc([Si](C)(C)C)cc3n2C)c1. The Balaban J connectivity index is 1.74. The number of phenols is 1. The third-order valence-electron chi connectivity index (χ3n) is 7.34. The van der Waals surface area contributed by atoms with Crippen LogP contribution in [0.25, 0.3) is 44.8 Å². The fourth-order valence-corrected chi connectivity index (χ4v) is 7.20. The van der Waals surface area contributed by atoms with E-state index < -0.39 is 16.1 Å². The number of benzene rings is 3. The lowest BCUT2D eigenvalue weighted by atomic mass is 10.00. The summed E-state index contributed by atoms with van der Waals surface area (Å²) in [6.45, 7) is 16.3. The van der Waals surface area contributed by atoms with Gasteiger partial charge in [0.05, 0.1) is 38.4 Å². The number of phenolic OH excluding ortho intramolecular Hbond substituents is 1. The molecule has 6 heteroatoms. The Morgan fingerprint density at radius 3 is 2.16 bits per heavy atom. The molecule has 2 heterocycles. The summed E-state index contributed by atoms with van der Waals surface area (Å²) < 4.78 is 2.12. The van der Waals surface area contributed by atoms with E-state index in [1.165, 1.54) is 10.4 Å². The zero-order valence-corrected chi connectivity index (χ0v) is 25.7. The van der Waals surface area contributed by atoms with Crippen molar-refractivity contribution in [3.8, 4) is 39.5 Å². The van der Waals surface area contributed by atoms with Crippen LogP contribution in [0.3, 0.4) is 0 Å². The van der Waals surface area contributed by atoms with Gasteiger partial charge in [0.25, 0.3) is 0 Å². The number of fused-ring (bicyclic) bond motifs is 1. The fraction of sp³-hybridized carbons (Fsp3) is 0.250. The molecule has 1 N–H and O–H groups in total. The Hall–Kier alpha value is -3.49. The lowest BCUT2D eigenvalue weighted by Gasteiger charge is -2.19. The van der Waals surface area contributed by atoms with Crippen LogP contribution in [0.1, 0.15) is 5.56 Å². The second-order valence-electron chi connectivity index (χ2n) is 12.4. The van der Waals surface area contributed by atoms with Gasteiger partial charge in [0.1, 0.15) is 11.6 Å². The molecule has 0 atom stereocenters. The van der Waals surface area contributed by atoms with Gasteiger partial charge in [-0.15, -0.1) is 0 Å². The van der Waals surface area contributed by atoms with Gasteiger partial charge in [-0.3, -0.25) is 4.98 Å². The minimum Gasteiger partial charge on any atom is -0.507 e. The lowest BCUT2D eigenvalue weighted by Crippen LogP contribution is -2.37. The first kappa shape index (κ1) is 26.1. The van der Waals surface area contributed by atoms with Crippen LogP contribution >= 0.6 is 0 Å². The summed E-state index contributed by atoms with van der Waals surface area (Å²) in [7, 11) is -1.04. The average Bonchev–Trinajstić information content (AvgIpc) is 3.20. The predicted molar refractivity (Wildman–Crippen MR) is 167 cm³/mol. The zero-order valence-electron chi connectivity index (χ0n) is 23.7. The molecule has 0 bridgehead atoms. The smallest absolute Gasteiger partial charge is 0.144 e. The molecular formula is C32H37N3OSi2. The average molecular weight is 536 g/mol. The Kier molecular flexibility index (Phi) is 6.44. The topological polar surface area (TPSA) is 50.9 Å². The lowest BCUT2D eigenvalue weighted by molar-refractivity contribution is 0.476. The molecule has 0 radical (unpaired) electrons. The number of imidazole rings is 1. The number of aryl methyl sites for hydroxylation is 2. The molecule has 5 rings (SSSR count). The molecule has 5 aromatic rings. The van der Waals surface area contributed by atoms with Crippen molar-refractivity contribution in [2.45, 2.75) is 46.2 Å². The third-order valence-corrected chi connectivity index (χ3v) is 11.4. The number of aromatic nitrogens is 3. The largest absolute Gasteiger partial charge is 0.507 e. The maximum atomic E-state index is 10.7. The van der Waals surface area contributed by atoms with Crippen molar-refractivity contribution in [1.82, 2.24) is 14.5 Å². The van der Waals surface area contributed by atoms with E-state index in [4.69, 9.17) is 9.97 Å². The molecule has 0 amide bonds. The van der Waals surface area contributed by atoms with E-state index in [2.05, 4.69) is 92.4 Å². The Bertz CT molecular complexity index is 1670. The van der Waals surface area contributed by atoms with E-state index in [9.17, 15) is 5.11 Å². The van der Waals surface area contributed by atoms with Crippen molar-refractivity contribution < 1.29 is 5.11 Å². The monoisotopic (exact) mass is 535 g/mol. The van der Waals surface area contributed by atoms with Gasteiger partial charge >= 0.3 is 0 Å². The van der Waals surface area contributed by atoms with Crippen LogP contribution in [-0.2, 0) is 7.05 Å². The third kappa shape index (κ3) is 4.86. The highest BCUT2D eigenvalue weighted by Gasteiger charge is 2.23. The van der Waals surface area contributed by atoms with Crippen molar-refractivity contribution >= 4 is 37.6 Å². The van der Waals surface area contributed by atoms with Gasteiger partial charge in [-0.05, 0) is 48.9 Å². The number of hydrogen-bond donors (Lipinski definition) is 1. The van der Waals surface area contributed by atoms with Crippen LogP contribution in [-0.4, -0.2) is 35.8 Å². The van der Waals surface area contributed by atoms with Crippen LogP contribution in [0, 0.1) is 6.92 Å². The molecule has 0 aliphatic rings. The van der Waals surface area contributed by atoms with Crippen LogP contribution in [0.15, 0.2) is 72.9 Å². The highest BCUT2D eigenvalue weighted by Crippen LogP contribution is 2.36. The number of pyridine rings is 1. The summed E-state index contributed by atoms with van der Waals surface area (Å²) in [6, 6.07) is 23.4. The number of aromatic hydroxyl groups is 1. The summed E-state index contributed by atoms with van der Waals surface area (Å²) in [4.78, 5) is 9.88. The van der Waals surface area contributed by atoms with Crippen molar-refractivity contribution in [1.29, 1.82) is 0 Å². The highest BCUT2D eigenvalue weighted by molar-refractivity contribution is 6.89. The zero-order chi connectivity index (χ0) is 27.4. The quantitative estimate of drug-likeness (QED) is 0.245. The number of nitrogens with zero attached hydrogens (tertiary/aromatic N) is 3. The Labute approximate surface area is 228 Å². The second kappa shape index (κ2) is 9.36. The van der Waals surface area contributed by atoms with E-state index in [-0.39, 0.29) is 5.75 Å². The standard InChI is InChI=1S/C32H37N3OSi2/c1-21-12-13-30(36)27(16-21)32-34-31-26(18-25(38(6,7)8)20-29(31)35(32)2)22-10-9-11-23(17-22)28-19-24(14-15-33-28)37(3,4)5/h9-20,36H,1-8H3. The van der Waals surface area contributed by atoms with Gasteiger partial charge in [-0.1, -0.05) is 85.6 Å². The van der Waals surface area contributed by atoms with Crippen LogP contribution in [0.2, 0.25) is 39.3 Å². The summed E-state index contributed by atoms with van der Waals surface area (Å²) in [6.07, 6.45) is 1.94. The maximum absolute atomic E-state index is 10.7. The molecule has 0 aliphatic carbocycles. The summed E-state index contributed by atoms with van der Waals surface area (Å²) >= 11 is 0. The highest BCUT2D eigenvalue weighted by atomic mass is 28.3. The molecule has 2 aromatic heterocycles. The summed E-state index contributed by atoms with van der Waals surface area (Å²) in [5.41, 5.74) is 8.26. The predicted octanol–water partition coefficient (Wildman–Crippen LogP) is 7.07. The van der Waals surface area contributed by atoms with Gasteiger partial charge in [-0.25, -0.2) is 4.98 Å². The second-order valence-corrected chi connectivity index (χ2v) is 22.6. The van der Waals surface area contributed by atoms with Crippen LogP contribution in [0.5, 0.6) is 5.75 Å². The van der Waals surface area contributed by atoms with Crippen LogP contribution in [0.4, 0.5) is 0 Å². The molecule has 3 aromatic carbocycles. The Morgan fingerprint density at radius 2 is 1.45 bits per heavy atom. The normalized spacial score (nSPS) is 12.3. The van der Waals surface area contributed by atoms with Gasteiger partial charge in [0.15, 0.2) is 0 Å². The number of rotatable bonds is 5. The molecule has 38 heavy (non-hydrogen) atoms. The van der Waals surface area contributed by atoms with E-state index >= 15 is 0 Å². The van der Waals surface area contributed by atoms with Crippen LogP contribution < -0.4 is 10.4 Å². The first-order valence-electron chi connectivity index (χ1n) is 13.2. The fourth-order valence-electron chi connectivity index (χ4n) is 4.91.